The van der Waals surface area contributed by atoms with Crippen LogP contribution in [-0.2, 0) is 33.3 Å². The summed E-state index contributed by atoms with van der Waals surface area (Å²) in [6.07, 6.45) is -1.36. The third kappa shape index (κ3) is 7.34. The van der Waals surface area contributed by atoms with Crippen molar-refractivity contribution in [1.82, 2.24) is 9.80 Å². The van der Waals surface area contributed by atoms with Crippen LogP contribution in [0.4, 0.5) is 10.5 Å². The van der Waals surface area contributed by atoms with Crippen molar-refractivity contribution in [3.8, 4) is 0 Å². The van der Waals surface area contributed by atoms with E-state index >= 15 is 0 Å². The summed E-state index contributed by atoms with van der Waals surface area (Å²) in [5.74, 6) is -2.54. The van der Waals surface area contributed by atoms with Gasteiger partial charge >= 0.3 is 18.0 Å². The average molecular weight is 520 g/mol. The van der Waals surface area contributed by atoms with Crippen LogP contribution in [0.1, 0.15) is 27.2 Å². The van der Waals surface area contributed by atoms with E-state index in [0.29, 0.717) is 26.2 Å². The van der Waals surface area contributed by atoms with E-state index in [1.54, 1.807) is 25.7 Å². The van der Waals surface area contributed by atoms with Crippen LogP contribution in [0.25, 0.3) is 0 Å². The van der Waals surface area contributed by atoms with Gasteiger partial charge in [0.15, 0.2) is 0 Å². The highest BCUT2D eigenvalue weighted by atomic mass is 16.6. The van der Waals surface area contributed by atoms with Crippen molar-refractivity contribution >= 4 is 29.6 Å². The normalized spacial score (nSPS) is 22.3. The number of esters is 2. The molecular weight excluding hydrogens is 482 g/mol. The summed E-state index contributed by atoms with van der Waals surface area (Å²) in [6.45, 7) is 6.96. The van der Waals surface area contributed by atoms with Gasteiger partial charge in [0, 0.05) is 31.9 Å². The molecule has 0 N–H and O–H groups in total. The zero-order chi connectivity index (χ0) is 27.2. The van der Waals surface area contributed by atoms with Gasteiger partial charge in [0.25, 0.3) is 0 Å². The lowest BCUT2D eigenvalue weighted by atomic mass is 9.86. The lowest BCUT2D eigenvalue weighted by Gasteiger charge is -2.44. The highest BCUT2D eigenvalue weighted by Gasteiger charge is 2.49. The smallest absolute Gasteiger partial charge is 0.410 e. The molecule has 0 bridgehead atoms. The van der Waals surface area contributed by atoms with E-state index in [2.05, 4.69) is 4.90 Å². The standard InChI is InChI=1S/C26H37N3O8/c1-26(2,3)37-21(30)17-36-19-15-20(24(32)34-4)22(29(16-19)25(33)35-5)23(31)28-13-11-27(12-14-28)18-9-7-6-8-10-18/h6-10,19-20,22H,11-17H2,1-5H3/t19-,20-,22-/m0/s1. The Labute approximate surface area is 217 Å². The largest absolute Gasteiger partial charge is 0.469 e. The number of benzene rings is 1. The Kier molecular flexibility index (Phi) is 9.36. The molecule has 2 aliphatic heterocycles. The zero-order valence-corrected chi connectivity index (χ0v) is 22.2. The van der Waals surface area contributed by atoms with Gasteiger partial charge in [-0.25, -0.2) is 9.59 Å². The SMILES string of the molecule is COC(=O)[C@H]1C[C@H](OCC(=O)OC(C)(C)C)CN(C(=O)OC)[C@@H]1C(=O)N1CCN(c2ccccc2)CC1. The number of piperidine rings is 1. The summed E-state index contributed by atoms with van der Waals surface area (Å²) < 4.78 is 20.9. The maximum Gasteiger partial charge on any atom is 0.410 e. The third-order valence-electron chi connectivity index (χ3n) is 6.37. The number of hydrogen-bond donors (Lipinski definition) is 0. The van der Waals surface area contributed by atoms with E-state index in [1.165, 1.54) is 19.1 Å². The van der Waals surface area contributed by atoms with Crippen LogP contribution in [0, 0.1) is 5.92 Å². The Morgan fingerprint density at radius 3 is 2.16 bits per heavy atom. The van der Waals surface area contributed by atoms with Gasteiger partial charge in [-0.2, -0.15) is 0 Å². The molecule has 3 atom stereocenters. The summed E-state index contributed by atoms with van der Waals surface area (Å²) in [4.78, 5) is 56.5. The summed E-state index contributed by atoms with van der Waals surface area (Å²) in [5.41, 5.74) is 0.391. The van der Waals surface area contributed by atoms with Crippen molar-refractivity contribution < 1.29 is 38.1 Å². The van der Waals surface area contributed by atoms with E-state index in [4.69, 9.17) is 18.9 Å². The number of para-hydroxylation sites is 1. The minimum Gasteiger partial charge on any atom is -0.469 e. The van der Waals surface area contributed by atoms with Crippen LogP contribution in [0.15, 0.2) is 30.3 Å². The minimum absolute atomic E-state index is 0.0245. The van der Waals surface area contributed by atoms with E-state index < -0.39 is 41.7 Å². The molecule has 0 unspecified atom stereocenters. The summed E-state index contributed by atoms with van der Waals surface area (Å²) in [5, 5.41) is 0. The van der Waals surface area contributed by atoms with Crippen LogP contribution < -0.4 is 4.90 Å². The number of amides is 2. The third-order valence-corrected chi connectivity index (χ3v) is 6.37. The monoisotopic (exact) mass is 519 g/mol. The molecular formula is C26H37N3O8. The fourth-order valence-electron chi connectivity index (χ4n) is 4.71. The quantitative estimate of drug-likeness (QED) is 0.409. The molecule has 0 aliphatic carbocycles. The topological polar surface area (TPSA) is 115 Å². The zero-order valence-electron chi connectivity index (χ0n) is 22.2. The molecule has 0 saturated carbocycles. The average Bonchev–Trinajstić information content (AvgIpc) is 2.89. The maximum absolute atomic E-state index is 13.7. The van der Waals surface area contributed by atoms with Gasteiger partial charge in [0.1, 0.15) is 18.2 Å². The highest BCUT2D eigenvalue weighted by Crippen LogP contribution is 2.30. The lowest BCUT2D eigenvalue weighted by molar-refractivity contribution is -0.168. The molecule has 0 spiro atoms. The van der Waals surface area contributed by atoms with Gasteiger partial charge in [-0.1, -0.05) is 18.2 Å². The summed E-state index contributed by atoms with van der Waals surface area (Å²) >= 11 is 0. The van der Waals surface area contributed by atoms with Gasteiger partial charge < -0.3 is 28.7 Å². The van der Waals surface area contributed by atoms with Gasteiger partial charge in [0.2, 0.25) is 5.91 Å². The minimum atomic E-state index is -1.11. The second-order valence-electron chi connectivity index (χ2n) is 10.1. The van der Waals surface area contributed by atoms with E-state index in [9.17, 15) is 19.2 Å². The first-order valence-corrected chi connectivity index (χ1v) is 12.4. The molecule has 0 radical (unpaired) electrons. The number of anilines is 1. The number of rotatable bonds is 6. The van der Waals surface area contributed by atoms with E-state index in [0.717, 1.165) is 5.69 Å². The van der Waals surface area contributed by atoms with Crippen molar-refractivity contribution in [2.75, 3.05) is 58.5 Å². The van der Waals surface area contributed by atoms with Crippen LogP contribution in [0.2, 0.25) is 0 Å². The molecule has 2 aliphatic rings. The highest BCUT2D eigenvalue weighted by molar-refractivity contribution is 5.91. The van der Waals surface area contributed by atoms with Crippen molar-refractivity contribution in [2.24, 2.45) is 5.92 Å². The van der Waals surface area contributed by atoms with Gasteiger partial charge in [-0.15, -0.1) is 0 Å². The molecule has 37 heavy (non-hydrogen) atoms. The number of hydrogen-bond acceptors (Lipinski definition) is 9. The number of carbonyl (C=O) groups excluding carboxylic acids is 4. The molecule has 1 aromatic rings. The van der Waals surface area contributed by atoms with E-state index in [1.807, 2.05) is 30.3 Å². The number of likely N-dealkylation sites (tertiary alicyclic amines) is 1. The molecule has 1 aromatic carbocycles. The molecule has 2 saturated heterocycles. The van der Waals surface area contributed by atoms with E-state index in [-0.39, 0.29) is 25.5 Å². The Hall–Kier alpha value is -3.34. The second kappa shape index (κ2) is 12.3. The predicted octanol–water partition coefficient (Wildman–Crippen LogP) is 1.69. The first kappa shape index (κ1) is 28.2. The number of ether oxygens (including phenoxy) is 4. The first-order chi connectivity index (χ1) is 17.5. The number of methoxy groups -OCH3 is 2. The lowest BCUT2D eigenvalue weighted by Crippen LogP contribution is -2.63. The molecule has 204 valence electrons. The fourth-order valence-corrected chi connectivity index (χ4v) is 4.71. The molecule has 2 heterocycles. The van der Waals surface area contributed by atoms with Crippen molar-refractivity contribution in [2.45, 2.75) is 44.9 Å². The molecule has 3 rings (SSSR count). The fraction of sp³-hybridized carbons (Fsp3) is 0.615. The summed E-state index contributed by atoms with van der Waals surface area (Å²) in [6, 6.07) is 8.80. The number of nitrogens with zero attached hydrogens (tertiary/aromatic N) is 3. The van der Waals surface area contributed by atoms with Crippen LogP contribution >= 0.6 is 0 Å². The summed E-state index contributed by atoms with van der Waals surface area (Å²) in [7, 11) is 2.44. The molecule has 11 nitrogen and oxygen atoms in total. The Bertz CT molecular complexity index is 930. The molecule has 11 heteroatoms. The molecule has 0 aromatic heterocycles. The van der Waals surface area contributed by atoms with Crippen LogP contribution in [0.5, 0.6) is 0 Å². The number of piperazine rings is 1. The first-order valence-electron chi connectivity index (χ1n) is 12.4. The van der Waals surface area contributed by atoms with Crippen molar-refractivity contribution in [3.63, 3.8) is 0 Å². The van der Waals surface area contributed by atoms with Gasteiger partial charge in [0.05, 0.1) is 32.8 Å². The molecule has 2 amide bonds. The maximum atomic E-state index is 13.7. The molecule has 2 fully saturated rings. The van der Waals surface area contributed by atoms with Crippen molar-refractivity contribution in [1.29, 1.82) is 0 Å². The van der Waals surface area contributed by atoms with Crippen LogP contribution in [0.3, 0.4) is 0 Å². The van der Waals surface area contributed by atoms with Gasteiger partial charge in [-0.3, -0.25) is 14.5 Å². The Morgan fingerprint density at radius 1 is 0.946 bits per heavy atom. The van der Waals surface area contributed by atoms with Gasteiger partial charge in [-0.05, 0) is 39.3 Å². The number of carbonyl (C=O) groups is 4. The Morgan fingerprint density at radius 2 is 1.59 bits per heavy atom. The Balaban J connectivity index is 1.74. The second-order valence-corrected chi connectivity index (χ2v) is 10.1. The predicted molar refractivity (Wildman–Crippen MR) is 134 cm³/mol. The van der Waals surface area contributed by atoms with Crippen molar-refractivity contribution in [3.05, 3.63) is 30.3 Å². The van der Waals surface area contributed by atoms with Crippen LogP contribution in [-0.4, -0.2) is 105 Å².